The van der Waals surface area contributed by atoms with Gasteiger partial charge in [0.1, 0.15) is 6.10 Å². The van der Waals surface area contributed by atoms with Crippen LogP contribution < -0.4 is 10.9 Å². The Labute approximate surface area is 172 Å². The van der Waals surface area contributed by atoms with E-state index in [1.807, 2.05) is 0 Å². The molecule has 0 aromatic rings. The number of hydrazine groups is 1. The van der Waals surface area contributed by atoms with Gasteiger partial charge in [-0.3, -0.25) is 10.9 Å². The average Bonchev–Trinajstić information content (AvgIpc) is 3.39. The summed E-state index contributed by atoms with van der Waals surface area (Å²) in [6.07, 6.45) is 15.7. The fourth-order valence-corrected chi connectivity index (χ4v) is 6.78. The summed E-state index contributed by atoms with van der Waals surface area (Å²) in [7, 11) is 0. The fraction of sp³-hybridized carbons (Fsp3) is 0.708. The van der Waals surface area contributed by atoms with Gasteiger partial charge in [-0.15, -0.1) is 0 Å². The molecule has 156 valence electrons. The molecule has 29 heavy (non-hydrogen) atoms. The summed E-state index contributed by atoms with van der Waals surface area (Å²) in [5.74, 6) is 2.36. The number of hydrogen-bond donors (Lipinski definition) is 2. The van der Waals surface area contributed by atoms with Gasteiger partial charge < -0.3 is 9.47 Å². The zero-order valence-corrected chi connectivity index (χ0v) is 17.1. The minimum Gasteiger partial charge on any atom is -0.456 e. The Bertz CT molecular complexity index is 779. The first-order chi connectivity index (χ1) is 14.3. The second-order valence-electron chi connectivity index (χ2n) is 9.79. The van der Waals surface area contributed by atoms with Crippen molar-refractivity contribution in [2.45, 2.75) is 69.6 Å². The summed E-state index contributed by atoms with van der Waals surface area (Å²) in [5.41, 5.74) is 11.4. The molecule has 0 aromatic heterocycles. The molecule has 4 fully saturated rings. The van der Waals surface area contributed by atoms with Gasteiger partial charge in [0.2, 0.25) is 0 Å². The molecule has 7 atom stereocenters. The van der Waals surface area contributed by atoms with Gasteiger partial charge in [-0.25, -0.2) is 4.79 Å². The maximum atomic E-state index is 12.6. The van der Waals surface area contributed by atoms with Gasteiger partial charge in [0.15, 0.2) is 6.10 Å². The topological polar surface area (TPSA) is 59.6 Å². The highest BCUT2D eigenvalue weighted by atomic mass is 16.6. The van der Waals surface area contributed by atoms with Crippen LogP contribution >= 0.6 is 0 Å². The van der Waals surface area contributed by atoms with Crippen molar-refractivity contribution in [3.8, 4) is 0 Å². The van der Waals surface area contributed by atoms with Gasteiger partial charge in [-0.2, -0.15) is 0 Å². The first-order valence-electron chi connectivity index (χ1n) is 11.7. The lowest BCUT2D eigenvalue weighted by Crippen LogP contribution is -2.39. The normalized spacial score (nSPS) is 43.2. The van der Waals surface area contributed by atoms with Crippen LogP contribution in [0.4, 0.5) is 0 Å². The van der Waals surface area contributed by atoms with Crippen molar-refractivity contribution in [2.75, 3.05) is 13.2 Å². The molecule has 2 saturated heterocycles. The predicted molar refractivity (Wildman–Crippen MR) is 110 cm³/mol. The van der Waals surface area contributed by atoms with Crippen LogP contribution in [0.2, 0.25) is 0 Å². The van der Waals surface area contributed by atoms with Crippen molar-refractivity contribution in [3.05, 3.63) is 34.9 Å². The lowest BCUT2D eigenvalue weighted by molar-refractivity contribution is -0.163. The molecule has 6 rings (SSSR count). The van der Waals surface area contributed by atoms with E-state index in [9.17, 15) is 4.79 Å². The number of hydrogen-bond acceptors (Lipinski definition) is 5. The van der Waals surface area contributed by atoms with Crippen LogP contribution in [0.3, 0.4) is 0 Å². The third-order valence-corrected chi connectivity index (χ3v) is 8.25. The smallest absolute Gasteiger partial charge is 0.335 e. The number of fused-ring (bicyclic) bond motifs is 6. The summed E-state index contributed by atoms with van der Waals surface area (Å²) < 4.78 is 11.6. The molecular formula is C24H32N2O3. The van der Waals surface area contributed by atoms with Crippen molar-refractivity contribution in [3.63, 3.8) is 0 Å². The molecule has 5 nitrogen and oxygen atoms in total. The van der Waals surface area contributed by atoms with E-state index in [-0.39, 0.29) is 18.2 Å². The molecule has 7 unspecified atom stereocenters. The lowest BCUT2D eigenvalue weighted by atomic mass is 9.62. The maximum absolute atomic E-state index is 12.6. The van der Waals surface area contributed by atoms with Crippen LogP contribution in [-0.2, 0) is 14.3 Å². The quantitative estimate of drug-likeness (QED) is 0.702. The molecule has 0 bridgehead atoms. The van der Waals surface area contributed by atoms with Gasteiger partial charge in [-0.1, -0.05) is 18.2 Å². The zero-order chi connectivity index (χ0) is 19.4. The number of esters is 1. The van der Waals surface area contributed by atoms with E-state index in [1.165, 1.54) is 24.8 Å². The molecule has 4 aliphatic carbocycles. The summed E-state index contributed by atoms with van der Waals surface area (Å²) >= 11 is 0. The second kappa shape index (κ2) is 7.36. The minimum atomic E-state index is -0.345. The van der Waals surface area contributed by atoms with Gasteiger partial charge in [-0.05, 0) is 85.8 Å². The molecule has 6 aliphatic rings. The first-order valence-corrected chi connectivity index (χ1v) is 11.7. The molecule has 2 N–H and O–H groups in total. The Morgan fingerprint density at radius 1 is 1.03 bits per heavy atom. The summed E-state index contributed by atoms with van der Waals surface area (Å²) in [6, 6.07) is 0.605. The molecule has 0 radical (unpaired) electrons. The number of carbonyl (C=O) groups excluding carboxylic acids is 1. The summed E-state index contributed by atoms with van der Waals surface area (Å²) in [4.78, 5) is 12.6. The molecular weight excluding hydrogens is 364 g/mol. The molecule has 0 amide bonds. The van der Waals surface area contributed by atoms with Gasteiger partial charge >= 0.3 is 5.97 Å². The van der Waals surface area contributed by atoms with E-state index in [2.05, 4.69) is 29.1 Å². The van der Waals surface area contributed by atoms with Crippen LogP contribution in [-0.4, -0.2) is 37.4 Å². The van der Waals surface area contributed by atoms with Gasteiger partial charge in [0.25, 0.3) is 0 Å². The highest BCUT2D eigenvalue weighted by Gasteiger charge is 2.46. The Kier molecular flexibility index (Phi) is 4.66. The Balaban J connectivity index is 1.22. The monoisotopic (exact) mass is 396 g/mol. The van der Waals surface area contributed by atoms with Crippen LogP contribution in [0.25, 0.3) is 0 Å². The molecule has 2 saturated carbocycles. The maximum Gasteiger partial charge on any atom is 0.335 e. The van der Waals surface area contributed by atoms with Crippen LogP contribution in [0, 0.1) is 23.7 Å². The standard InChI is InChI=1S/C24H32N2O3/c27-24(23-3-1-2-10-28-23)29-22-9-8-17-16-5-4-14-12-21-15(13-25-26-21)11-20(14)18(16)6-7-19(17)22/h6-7,11,14-17,21-23,25-26H,1-5,8-10,12-13H2. The minimum absolute atomic E-state index is 0.0403. The van der Waals surface area contributed by atoms with Crippen molar-refractivity contribution < 1.29 is 14.3 Å². The van der Waals surface area contributed by atoms with Gasteiger partial charge in [0, 0.05) is 25.1 Å². The summed E-state index contributed by atoms with van der Waals surface area (Å²) in [6.45, 7) is 1.73. The van der Waals surface area contributed by atoms with E-state index < -0.39 is 0 Å². The van der Waals surface area contributed by atoms with Crippen molar-refractivity contribution in [1.29, 1.82) is 0 Å². The average molecular weight is 397 g/mol. The van der Waals surface area contributed by atoms with Crippen molar-refractivity contribution in [1.82, 2.24) is 10.9 Å². The Morgan fingerprint density at radius 2 is 1.97 bits per heavy atom. The Morgan fingerprint density at radius 3 is 2.86 bits per heavy atom. The van der Waals surface area contributed by atoms with E-state index in [0.29, 0.717) is 36.3 Å². The van der Waals surface area contributed by atoms with Crippen LogP contribution in [0.1, 0.15) is 51.4 Å². The summed E-state index contributed by atoms with van der Waals surface area (Å²) in [5, 5.41) is 0. The van der Waals surface area contributed by atoms with E-state index in [0.717, 1.165) is 38.6 Å². The van der Waals surface area contributed by atoms with Crippen molar-refractivity contribution >= 4 is 5.97 Å². The Hall–Kier alpha value is -1.43. The zero-order valence-electron chi connectivity index (χ0n) is 17.1. The van der Waals surface area contributed by atoms with Crippen molar-refractivity contribution in [2.24, 2.45) is 23.7 Å². The number of ether oxygens (including phenoxy) is 2. The molecule has 0 aromatic carbocycles. The third kappa shape index (κ3) is 3.13. The van der Waals surface area contributed by atoms with Crippen LogP contribution in [0.5, 0.6) is 0 Å². The molecule has 5 heteroatoms. The SMILES string of the molecule is O=C(OC1CCC2C1=CC=C1C3=CC4CNNC4CC3CCC12)C1CCCCO1. The predicted octanol–water partition coefficient (Wildman–Crippen LogP) is 3.19. The highest BCUT2D eigenvalue weighted by molar-refractivity contribution is 5.75. The largest absolute Gasteiger partial charge is 0.456 e. The first kappa shape index (κ1) is 18.3. The number of rotatable bonds is 2. The van der Waals surface area contributed by atoms with Crippen LogP contribution in [0.15, 0.2) is 34.9 Å². The molecule has 0 spiro atoms. The highest BCUT2D eigenvalue weighted by Crippen LogP contribution is 2.53. The number of nitrogens with one attached hydrogen (secondary N) is 2. The number of allylic oxidation sites excluding steroid dienone is 4. The van der Waals surface area contributed by atoms with E-state index >= 15 is 0 Å². The molecule has 2 aliphatic heterocycles. The van der Waals surface area contributed by atoms with E-state index in [4.69, 9.17) is 9.47 Å². The lowest BCUT2D eigenvalue weighted by Gasteiger charge is -2.43. The van der Waals surface area contributed by atoms with Gasteiger partial charge in [0.05, 0.1) is 0 Å². The third-order valence-electron chi connectivity index (χ3n) is 8.25. The number of carbonyl (C=O) groups is 1. The van der Waals surface area contributed by atoms with E-state index in [1.54, 1.807) is 11.1 Å². The molecule has 2 heterocycles. The second-order valence-corrected chi connectivity index (χ2v) is 9.79. The fourth-order valence-electron chi connectivity index (χ4n) is 6.78.